The number of hydrogen-bond acceptors (Lipinski definition) is 2. The molecule has 0 heterocycles. The van der Waals surface area contributed by atoms with Crippen LogP contribution < -0.4 is 10.5 Å². The van der Waals surface area contributed by atoms with Gasteiger partial charge in [0.05, 0.1) is 0 Å². The van der Waals surface area contributed by atoms with Crippen molar-refractivity contribution in [2.75, 3.05) is 0 Å². The normalized spacial score (nSPS) is 12.2. The molecule has 0 saturated carbocycles. The van der Waals surface area contributed by atoms with Crippen molar-refractivity contribution in [1.29, 1.82) is 0 Å². The predicted molar refractivity (Wildman–Crippen MR) is 74.4 cm³/mol. The summed E-state index contributed by atoms with van der Waals surface area (Å²) in [6.45, 7) is 2.49. The number of hydrogen-bond donors (Lipinski definition) is 1. The van der Waals surface area contributed by atoms with Crippen LogP contribution in [0.25, 0.3) is 0 Å². The molecule has 3 heteroatoms. The highest BCUT2D eigenvalue weighted by molar-refractivity contribution is 5.29. The van der Waals surface area contributed by atoms with Crippen LogP contribution >= 0.6 is 0 Å². The maximum atomic E-state index is 12.8. The zero-order chi connectivity index (χ0) is 13.7. The topological polar surface area (TPSA) is 35.2 Å². The summed E-state index contributed by atoms with van der Waals surface area (Å²) in [5.41, 5.74) is 8.00. The Labute approximate surface area is 113 Å². The van der Waals surface area contributed by atoms with Crippen LogP contribution in [-0.4, -0.2) is 0 Å². The van der Waals surface area contributed by atoms with E-state index in [0.29, 0.717) is 6.61 Å². The zero-order valence-corrected chi connectivity index (χ0v) is 11.0. The van der Waals surface area contributed by atoms with Gasteiger partial charge in [-0.05, 0) is 41.8 Å². The highest BCUT2D eigenvalue weighted by Crippen LogP contribution is 2.19. The second kappa shape index (κ2) is 6.34. The fourth-order valence-corrected chi connectivity index (χ4v) is 1.79. The minimum absolute atomic E-state index is 0.0751. The van der Waals surface area contributed by atoms with E-state index in [1.807, 2.05) is 24.3 Å². The van der Waals surface area contributed by atoms with Crippen LogP contribution in [-0.2, 0) is 6.61 Å². The van der Waals surface area contributed by atoms with Crippen LogP contribution in [0.5, 0.6) is 5.75 Å². The summed E-state index contributed by atoms with van der Waals surface area (Å²) in [6, 6.07) is 14.2. The molecule has 2 aromatic rings. The molecule has 0 fully saturated rings. The molecule has 2 aromatic carbocycles. The molecule has 2 rings (SSSR count). The van der Waals surface area contributed by atoms with Crippen molar-refractivity contribution in [2.24, 2.45) is 5.73 Å². The SMILES string of the molecule is CCC(N)c1ccc(OCc2ccc(F)cc2)cc1. The second-order valence-electron chi connectivity index (χ2n) is 4.50. The molecule has 2 N–H and O–H groups in total. The van der Waals surface area contributed by atoms with Crippen LogP contribution in [0.1, 0.15) is 30.5 Å². The largest absolute Gasteiger partial charge is 0.489 e. The summed E-state index contributed by atoms with van der Waals surface area (Å²) in [4.78, 5) is 0. The van der Waals surface area contributed by atoms with E-state index < -0.39 is 0 Å². The van der Waals surface area contributed by atoms with E-state index in [0.717, 1.165) is 23.3 Å². The quantitative estimate of drug-likeness (QED) is 0.886. The fraction of sp³-hybridized carbons (Fsp3) is 0.250. The van der Waals surface area contributed by atoms with Gasteiger partial charge in [0.1, 0.15) is 18.2 Å². The number of nitrogens with two attached hydrogens (primary N) is 1. The Bertz CT molecular complexity index is 507. The van der Waals surface area contributed by atoms with Gasteiger partial charge in [0.15, 0.2) is 0 Å². The molecule has 0 spiro atoms. The zero-order valence-electron chi connectivity index (χ0n) is 11.0. The molecule has 1 atom stereocenters. The van der Waals surface area contributed by atoms with Crippen LogP contribution in [0, 0.1) is 5.82 Å². The summed E-state index contributed by atoms with van der Waals surface area (Å²) in [5.74, 6) is 0.554. The van der Waals surface area contributed by atoms with E-state index in [4.69, 9.17) is 10.5 Å². The van der Waals surface area contributed by atoms with Crippen molar-refractivity contribution >= 4 is 0 Å². The van der Waals surface area contributed by atoms with Gasteiger partial charge in [0.25, 0.3) is 0 Å². The van der Waals surface area contributed by atoms with Crippen molar-refractivity contribution in [3.05, 3.63) is 65.5 Å². The molecule has 0 aliphatic carbocycles. The monoisotopic (exact) mass is 259 g/mol. The van der Waals surface area contributed by atoms with Crippen LogP contribution in [0.2, 0.25) is 0 Å². The summed E-state index contributed by atoms with van der Waals surface area (Å²) in [5, 5.41) is 0. The Morgan fingerprint density at radius 2 is 1.68 bits per heavy atom. The molecule has 1 unspecified atom stereocenters. The Hall–Kier alpha value is -1.87. The van der Waals surface area contributed by atoms with Crippen molar-refractivity contribution in [1.82, 2.24) is 0 Å². The Balaban J connectivity index is 1.94. The molecule has 0 aliphatic heterocycles. The van der Waals surface area contributed by atoms with Gasteiger partial charge in [0, 0.05) is 6.04 Å². The lowest BCUT2D eigenvalue weighted by Gasteiger charge is -2.11. The molecule has 0 aromatic heterocycles. The van der Waals surface area contributed by atoms with Crippen molar-refractivity contribution in [2.45, 2.75) is 26.0 Å². The van der Waals surface area contributed by atoms with Crippen molar-refractivity contribution in [3.63, 3.8) is 0 Å². The molecule has 0 saturated heterocycles. The van der Waals surface area contributed by atoms with E-state index in [1.165, 1.54) is 12.1 Å². The third-order valence-corrected chi connectivity index (χ3v) is 3.07. The van der Waals surface area contributed by atoms with Gasteiger partial charge >= 0.3 is 0 Å². The van der Waals surface area contributed by atoms with Crippen molar-refractivity contribution in [3.8, 4) is 5.75 Å². The first kappa shape index (κ1) is 13.6. The third kappa shape index (κ3) is 3.80. The molecule has 0 aliphatic rings. The fourth-order valence-electron chi connectivity index (χ4n) is 1.79. The average molecular weight is 259 g/mol. The number of rotatable bonds is 5. The van der Waals surface area contributed by atoms with Gasteiger partial charge in [-0.25, -0.2) is 4.39 Å². The summed E-state index contributed by atoms with van der Waals surface area (Å²) in [6.07, 6.45) is 0.912. The summed E-state index contributed by atoms with van der Waals surface area (Å²) in [7, 11) is 0. The first-order valence-electron chi connectivity index (χ1n) is 6.42. The minimum Gasteiger partial charge on any atom is -0.489 e. The van der Waals surface area contributed by atoms with E-state index in [2.05, 4.69) is 6.92 Å². The number of benzene rings is 2. The lowest BCUT2D eigenvalue weighted by molar-refractivity contribution is 0.306. The van der Waals surface area contributed by atoms with Gasteiger partial charge in [-0.2, -0.15) is 0 Å². The van der Waals surface area contributed by atoms with Gasteiger partial charge in [-0.3, -0.25) is 0 Å². The molecule has 0 radical (unpaired) electrons. The summed E-state index contributed by atoms with van der Waals surface area (Å²) < 4.78 is 18.4. The van der Waals surface area contributed by atoms with Crippen molar-refractivity contribution < 1.29 is 9.13 Å². The van der Waals surface area contributed by atoms with Gasteiger partial charge < -0.3 is 10.5 Å². The molecule has 100 valence electrons. The molecule has 2 nitrogen and oxygen atoms in total. The molecule has 19 heavy (non-hydrogen) atoms. The maximum Gasteiger partial charge on any atom is 0.123 e. The van der Waals surface area contributed by atoms with Gasteiger partial charge in [-0.1, -0.05) is 31.2 Å². The second-order valence-corrected chi connectivity index (χ2v) is 4.50. The number of halogens is 1. The van der Waals surface area contributed by atoms with E-state index in [-0.39, 0.29) is 11.9 Å². The lowest BCUT2D eigenvalue weighted by atomic mass is 10.1. The lowest BCUT2D eigenvalue weighted by Crippen LogP contribution is -2.08. The van der Waals surface area contributed by atoms with E-state index in [9.17, 15) is 4.39 Å². The highest BCUT2D eigenvalue weighted by atomic mass is 19.1. The van der Waals surface area contributed by atoms with Crippen LogP contribution in [0.3, 0.4) is 0 Å². The predicted octanol–water partition coefficient (Wildman–Crippen LogP) is 3.81. The molecule has 0 bridgehead atoms. The van der Waals surface area contributed by atoms with Crippen LogP contribution in [0.4, 0.5) is 4.39 Å². The van der Waals surface area contributed by atoms with Gasteiger partial charge in [-0.15, -0.1) is 0 Å². The summed E-state index contributed by atoms with van der Waals surface area (Å²) >= 11 is 0. The van der Waals surface area contributed by atoms with E-state index >= 15 is 0 Å². The van der Waals surface area contributed by atoms with Gasteiger partial charge in [0.2, 0.25) is 0 Å². The smallest absolute Gasteiger partial charge is 0.123 e. The maximum absolute atomic E-state index is 12.8. The number of ether oxygens (including phenoxy) is 1. The standard InChI is InChI=1S/C16H18FNO/c1-2-16(18)13-5-9-15(10-6-13)19-11-12-3-7-14(17)8-4-12/h3-10,16H,2,11,18H2,1H3. The average Bonchev–Trinajstić information content (AvgIpc) is 2.46. The van der Waals surface area contributed by atoms with E-state index in [1.54, 1.807) is 12.1 Å². The first-order valence-corrected chi connectivity index (χ1v) is 6.42. The Morgan fingerprint density at radius 1 is 1.05 bits per heavy atom. The highest BCUT2D eigenvalue weighted by Gasteiger charge is 2.03. The Morgan fingerprint density at radius 3 is 2.26 bits per heavy atom. The first-order chi connectivity index (χ1) is 9.19. The Kier molecular flexibility index (Phi) is 4.53. The molecule has 0 amide bonds. The van der Waals surface area contributed by atoms with Crippen LogP contribution in [0.15, 0.2) is 48.5 Å². The molecular formula is C16H18FNO. The minimum atomic E-state index is -0.235. The molecular weight excluding hydrogens is 241 g/mol. The third-order valence-electron chi connectivity index (χ3n) is 3.07.